The molecule has 65 heavy (non-hydrogen) atoms. The Morgan fingerprint density at radius 3 is 1.88 bits per heavy atom. The molecule has 26 nitrogen and oxygen atoms in total. The van der Waals surface area contributed by atoms with Crippen LogP contribution >= 0.6 is 0 Å². The number of nitrogens with two attached hydrogens (primary N) is 5. The molecule has 1 aromatic rings. The summed E-state index contributed by atoms with van der Waals surface area (Å²) in [4.78, 5) is 145. The maximum atomic E-state index is 14.0. The SMILES string of the molecule is CC(C)[C@H](NC(=O)[C@H](CC(N)=O)NC(=O)[C@@H](N)CC(N)=O)C(=O)NCC(=O)N[C@@H](CCCN=C(N)N)C(=O)N[C@@H](Cc1ccccc1)C(=O)N[C@@H](CC(=O)O)C(=O)N1CCC[C@H]1C(=O)O. The quantitative estimate of drug-likeness (QED) is 0.0222. The van der Waals surface area contributed by atoms with E-state index in [0.29, 0.717) is 12.0 Å². The number of hydrogen-bond acceptors (Lipinski definition) is 13. The Labute approximate surface area is 372 Å². The third kappa shape index (κ3) is 18.9. The molecule has 18 N–H and O–H groups in total. The first kappa shape index (κ1) is 53.8. The zero-order valence-electron chi connectivity index (χ0n) is 36.0. The fourth-order valence-electron chi connectivity index (χ4n) is 6.55. The molecule has 1 aromatic carbocycles. The van der Waals surface area contributed by atoms with Crippen molar-refractivity contribution in [2.45, 2.75) is 108 Å². The molecule has 7 atom stereocenters. The number of nitrogens with zero attached hydrogens (tertiary/aromatic N) is 2. The Bertz CT molecular complexity index is 1950. The molecular weight excluding hydrogens is 859 g/mol. The van der Waals surface area contributed by atoms with Gasteiger partial charge in [-0.25, -0.2) is 4.79 Å². The lowest BCUT2D eigenvalue weighted by molar-refractivity contribution is -0.150. The number of benzene rings is 1. The molecule has 0 saturated carbocycles. The Kier molecular flexibility index (Phi) is 21.7. The topological polar surface area (TPSA) is 446 Å². The summed E-state index contributed by atoms with van der Waals surface area (Å²) in [6, 6.07) is -2.05. The normalized spacial score (nSPS) is 15.9. The maximum Gasteiger partial charge on any atom is 0.326 e. The zero-order valence-corrected chi connectivity index (χ0v) is 36.0. The van der Waals surface area contributed by atoms with Gasteiger partial charge in [-0.1, -0.05) is 44.2 Å². The molecular formula is C39H59N13O13. The van der Waals surface area contributed by atoms with Gasteiger partial charge in [0, 0.05) is 19.5 Å². The summed E-state index contributed by atoms with van der Waals surface area (Å²) in [7, 11) is 0. The number of likely N-dealkylation sites (tertiary alicyclic amines) is 1. The van der Waals surface area contributed by atoms with Crippen molar-refractivity contribution in [2.24, 2.45) is 39.6 Å². The highest BCUT2D eigenvalue weighted by Crippen LogP contribution is 2.19. The molecule has 1 fully saturated rings. The molecule has 0 unspecified atom stereocenters. The van der Waals surface area contributed by atoms with Crippen molar-refractivity contribution < 1.29 is 63.0 Å². The zero-order chi connectivity index (χ0) is 49.0. The highest BCUT2D eigenvalue weighted by atomic mass is 16.4. The molecule has 0 bridgehead atoms. The summed E-state index contributed by atoms with van der Waals surface area (Å²) in [5, 5.41) is 33.5. The number of primary amides is 2. The lowest BCUT2D eigenvalue weighted by Crippen LogP contribution is -2.59. The maximum absolute atomic E-state index is 14.0. The number of nitrogens with one attached hydrogen (secondary N) is 6. The van der Waals surface area contributed by atoms with Crippen molar-refractivity contribution in [2.75, 3.05) is 19.6 Å². The van der Waals surface area contributed by atoms with Crippen molar-refractivity contribution in [3.05, 3.63) is 35.9 Å². The van der Waals surface area contributed by atoms with Crippen molar-refractivity contribution in [1.82, 2.24) is 36.8 Å². The van der Waals surface area contributed by atoms with Crippen molar-refractivity contribution in [3.63, 3.8) is 0 Å². The molecule has 0 aliphatic carbocycles. The van der Waals surface area contributed by atoms with Gasteiger partial charge in [0.15, 0.2) is 5.96 Å². The third-order valence-electron chi connectivity index (χ3n) is 9.79. The molecule has 0 radical (unpaired) electrons. The molecule has 1 aliphatic rings. The van der Waals surface area contributed by atoms with Crippen molar-refractivity contribution in [3.8, 4) is 0 Å². The van der Waals surface area contributed by atoms with Gasteiger partial charge in [-0.15, -0.1) is 0 Å². The van der Waals surface area contributed by atoms with E-state index in [1.165, 1.54) is 13.8 Å². The first-order valence-corrected chi connectivity index (χ1v) is 20.5. The van der Waals surface area contributed by atoms with E-state index in [2.05, 4.69) is 36.9 Å². The van der Waals surface area contributed by atoms with Crippen LogP contribution in [0.15, 0.2) is 35.3 Å². The molecule has 9 amide bonds. The molecule has 0 aromatic heterocycles. The predicted octanol–water partition coefficient (Wildman–Crippen LogP) is -5.89. The van der Waals surface area contributed by atoms with Crippen molar-refractivity contribution in [1.29, 1.82) is 0 Å². The van der Waals surface area contributed by atoms with Gasteiger partial charge >= 0.3 is 11.9 Å². The first-order valence-electron chi connectivity index (χ1n) is 20.5. The molecule has 1 aliphatic heterocycles. The largest absolute Gasteiger partial charge is 0.481 e. The number of carbonyl (C=O) groups excluding carboxylic acids is 9. The second kappa shape index (κ2) is 26.3. The Morgan fingerprint density at radius 1 is 0.723 bits per heavy atom. The van der Waals surface area contributed by atoms with E-state index in [4.69, 9.17) is 28.7 Å². The minimum atomic E-state index is -1.72. The van der Waals surface area contributed by atoms with Crippen LogP contribution in [-0.4, -0.2) is 148 Å². The van der Waals surface area contributed by atoms with Gasteiger partial charge in [-0.05, 0) is 37.2 Å². The van der Waals surface area contributed by atoms with E-state index in [9.17, 15) is 63.0 Å². The van der Waals surface area contributed by atoms with E-state index in [1.54, 1.807) is 30.3 Å². The smallest absolute Gasteiger partial charge is 0.326 e. The predicted molar refractivity (Wildman–Crippen MR) is 228 cm³/mol. The minimum Gasteiger partial charge on any atom is -0.481 e. The number of carboxylic acids is 2. The summed E-state index contributed by atoms with van der Waals surface area (Å²) < 4.78 is 0. The average Bonchev–Trinajstić information content (AvgIpc) is 3.72. The summed E-state index contributed by atoms with van der Waals surface area (Å²) >= 11 is 0. The van der Waals surface area contributed by atoms with Gasteiger partial charge in [0.05, 0.1) is 31.8 Å². The Balaban J connectivity index is 2.31. The number of aliphatic carboxylic acids is 2. The molecule has 1 saturated heterocycles. The molecule has 2 rings (SSSR count). The van der Waals surface area contributed by atoms with Gasteiger partial charge in [0.25, 0.3) is 0 Å². The number of guanidine groups is 1. The van der Waals surface area contributed by atoms with Crippen LogP contribution in [0.25, 0.3) is 0 Å². The van der Waals surface area contributed by atoms with E-state index in [0.717, 1.165) is 4.90 Å². The first-order chi connectivity index (χ1) is 30.5. The van der Waals surface area contributed by atoms with Crippen molar-refractivity contribution >= 4 is 71.1 Å². The fraction of sp³-hybridized carbons (Fsp3) is 0.538. The summed E-state index contributed by atoms with van der Waals surface area (Å²) in [5.41, 5.74) is 27.3. The molecule has 0 spiro atoms. The lowest BCUT2D eigenvalue weighted by atomic mass is 10.0. The van der Waals surface area contributed by atoms with Gasteiger partial charge in [-0.2, -0.15) is 0 Å². The van der Waals surface area contributed by atoms with E-state index >= 15 is 0 Å². The minimum absolute atomic E-state index is 0.00349. The second-order valence-electron chi connectivity index (χ2n) is 15.5. The number of rotatable bonds is 27. The van der Waals surface area contributed by atoms with E-state index < -0.39 is 139 Å². The Morgan fingerprint density at radius 2 is 1.31 bits per heavy atom. The van der Waals surface area contributed by atoms with Crippen LogP contribution in [0.5, 0.6) is 0 Å². The van der Waals surface area contributed by atoms with Crippen LogP contribution in [0.1, 0.15) is 64.4 Å². The average molecular weight is 918 g/mol. The van der Waals surface area contributed by atoms with E-state index in [-0.39, 0.29) is 44.7 Å². The monoisotopic (exact) mass is 917 g/mol. The number of amides is 9. The molecule has 26 heteroatoms. The number of aliphatic imine (C=N–C) groups is 1. The van der Waals surface area contributed by atoms with Crippen LogP contribution in [0.2, 0.25) is 0 Å². The summed E-state index contributed by atoms with van der Waals surface area (Å²) in [5.74, 6) is -12.3. The van der Waals surface area contributed by atoms with Crippen LogP contribution in [0.4, 0.5) is 0 Å². The summed E-state index contributed by atoms with van der Waals surface area (Å²) in [6.07, 6.45) is -1.97. The summed E-state index contributed by atoms with van der Waals surface area (Å²) in [6.45, 7) is 2.32. The molecule has 1 heterocycles. The van der Waals surface area contributed by atoms with Gasteiger partial charge < -0.3 is 75.7 Å². The Hall–Kier alpha value is -7.38. The second-order valence-corrected chi connectivity index (χ2v) is 15.5. The highest BCUT2D eigenvalue weighted by molar-refractivity contribution is 5.98. The standard InChI is InChI=1S/C39H59N13O13/c1-19(2)31(51-35(61)24(16-28(42)54)48-32(58)21(40)15-27(41)53)36(62)46-18-29(55)47-22(10-6-12-45-39(43)44)33(59)49-23(14-20-8-4-3-5-9-20)34(60)50-25(17-30(56)57)37(63)52-13-7-11-26(52)38(64)65/h3-5,8-9,19,21-26,31H,6-7,10-18,40H2,1-2H3,(H2,41,53)(H2,42,54)(H,46,62)(H,47,55)(H,48,58)(H,49,59)(H,50,60)(H,51,61)(H,56,57)(H,64,65)(H4,43,44,45)/t21-,22-,23-,24-,25-,26-,31-/m0/s1. The highest BCUT2D eigenvalue weighted by Gasteiger charge is 2.40. The number of carbonyl (C=O) groups is 11. The number of carboxylic acid groups (broad SMARTS) is 2. The van der Waals surface area contributed by atoms with Gasteiger partial charge in [0.2, 0.25) is 53.2 Å². The number of hydrogen-bond donors (Lipinski definition) is 13. The van der Waals surface area contributed by atoms with Crippen LogP contribution in [0, 0.1) is 5.92 Å². The van der Waals surface area contributed by atoms with Gasteiger partial charge in [-0.3, -0.25) is 52.9 Å². The van der Waals surface area contributed by atoms with Gasteiger partial charge in [0.1, 0.15) is 36.3 Å². The van der Waals surface area contributed by atoms with Crippen LogP contribution in [0.3, 0.4) is 0 Å². The van der Waals surface area contributed by atoms with Crippen LogP contribution < -0.4 is 60.6 Å². The van der Waals surface area contributed by atoms with Crippen LogP contribution in [-0.2, 0) is 59.2 Å². The fourth-order valence-corrected chi connectivity index (χ4v) is 6.55. The van der Waals surface area contributed by atoms with E-state index in [1.807, 2.05) is 0 Å². The third-order valence-corrected chi connectivity index (χ3v) is 9.79. The lowest BCUT2D eigenvalue weighted by Gasteiger charge is -2.28. The molecule has 358 valence electrons.